The lowest BCUT2D eigenvalue weighted by Gasteiger charge is -2.37. The number of anilines is 1. The molecule has 1 N–H and O–H groups in total. The first kappa shape index (κ1) is 13.9. The molecule has 110 valence electrons. The number of pyridine rings is 1. The van der Waals surface area contributed by atoms with Crippen molar-refractivity contribution in [3.63, 3.8) is 0 Å². The highest BCUT2D eigenvalue weighted by molar-refractivity contribution is 5.53. The van der Waals surface area contributed by atoms with Gasteiger partial charge in [-0.25, -0.2) is 4.98 Å². The summed E-state index contributed by atoms with van der Waals surface area (Å²) in [7, 11) is 0. The van der Waals surface area contributed by atoms with E-state index >= 15 is 0 Å². The zero-order valence-electron chi connectivity index (χ0n) is 12.7. The van der Waals surface area contributed by atoms with E-state index in [2.05, 4.69) is 41.5 Å². The van der Waals surface area contributed by atoms with Crippen molar-refractivity contribution < 1.29 is 4.74 Å². The molecule has 1 aliphatic carbocycles. The van der Waals surface area contributed by atoms with E-state index in [-0.39, 0.29) is 0 Å². The van der Waals surface area contributed by atoms with Crippen LogP contribution in [0.4, 0.5) is 5.69 Å². The standard InChI is InChI=1S/C18H22N2O/c1-3-21-18-17(9-6-10-19-18)20-15-11-14(12-15)16-8-5-4-7-13(16)2/h4-10,14-15,20H,3,11-12H2,1-2H3. The predicted molar refractivity (Wildman–Crippen MR) is 86.0 cm³/mol. The Bertz CT molecular complexity index is 606. The number of nitrogens with zero attached hydrogens (tertiary/aromatic N) is 1. The average Bonchev–Trinajstić information content (AvgIpc) is 2.45. The maximum atomic E-state index is 5.56. The van der Waals surface area contributed by atoms with Gasteiger partial charge in [0.25, 0.3) is 0 Å². The predicted octanol–water partition coefficient (Wildman–Crippen LogP) is 4.15. The average molecular weight is 282 g/mol. The van der Waals surface area contributed by atoms with Crippen LogP contribution >= 0.6 is 0 Å². The Morgan fingerprint density at radius 1 is 1.19 bits per heavy atom. The first-order valence-electron chi connectivity index (χ1n) is 7.67. The Morgan fingerprint density at radius 2 is 2.00 bits per heavy atom. The van der Waals surface area contributed by atoms with Gasteiger partial charge in [0.1, 0.15) is 0 Å². The number of hydrogen-bond donors (Lipinski definition) is 1. The number of hydrogen-bond acceptors (Lipinski definition) is 3. The van der Waals surface area contributed by atoms with Crippen molar-refractivity contribution in [1.82, 2.24) is 4.98 Å². The van der Waals surface area contributed by atoms with Crippen molar-refractivity contribution in [3.8, 4) is 5.88 Å². The van der Waals surface area contributed by atoms with Crippen LogP contribution in [0, 0.1) is 6.92 Å². The fraction of sp³-hybridized carbons (Fsp3) is 0.389. The van der Waals surface area contributed by atoms with Crippen LogP contribution in [0.3, 0.4) is 0 Å². The molecule has 0 amide bonds. The molecule has 1 saturated carbocycles. The second-order valence-corrected chi connectivity index (χ2v) is 5.66. The number of aromatic nitrogens is 1. The SMILES string of the molecule is CCOc1ncccc1NC1CC(c2ccccc2C)C1. The third-order valence-electron chi connectivity index (χ3n) is 4.18. The normalized spacial score (nSPS) is 20.7. The summed E-state index contributed by atoms with van der Waals surface area (Å²) in [6.45, 7) is 4.82. The molecule has 1 aromatic heterocycles. The Morgan fingerprint density at radius 3 is 2.76 bits per heavy atom. The molecule has 1 heterocycles. The van der Waals surface area contributed by atoms with Gasteiger partial charge < -0.3 is 10.1 Å². The molecule has 3 nitrogen and oxygen atoms in total. The summed E-state index contributed by atoms with van der Waals surface area (Å²) in [6, 6.07) is 13.2. The molecule has 1 fully saturated rings. The molecule has 0 atom stereocenters. The van der Waals surface area contributed by atoms with Crippen molar-refractivity contribution in [2.45, 2.75) is 38.6 Å². The molecule has 3 heteroatoms. The van der Waals surface area contributed by atoms with Gasteiger partial charge in [-0.3, -0.25) is 0 Å². The van der Waals surface area contributed by atoms with Crippen LogP contribution in [-0.2, 0) is 0 Å². The molecule has 0 aliphatic heterocycles. The number of benzene rings is 1. The molecular formula is C18H22N2O. The minimum atomic E-state index is 0.512. The quantitative estimate of drug-likeness (QED) is 0.894. The van der Waals surface area contributed by atoms with E-state index in [1.807, 2.05) is 19.1 Å². The lowest BCUT2D eigenvalue weighted by atomic mass is 9.74. The van der Waals surface area contributed by atoms with Crippen LogP contribution in [0.1, 0.15) is 36.8 Å². The number of ether oxygens (including phenoxy) is 1. The zero-order valence-corrected chi connectivity index (χ0v) is 12.7. The maximum absolute atomic E-state index is 5.56. The van der Waals surface area contributed by atoms with E-state index in [1.165, 1.54) is 24.0 Å². The summed E-state index contributed by atoms with van der Waals surface area (Å²) >= 11 is 0. The Labute approximate surface area is 126 Å². The van der Waals surface area contributed by atoms with Crippen molar-refractivity contribution in [3.05, 3.63) is 53.7 Å². The van der Waals surface area contributed by atoms with Gasteiger partial charge in [-0.15, -0.1) is 0 Å². The summed E-state index contributed by atoms with van der Waals surface area (Å²) in [4.78, 5) is 4.29. The van der Waals surface area contributed by atoms with E-state index in [0.29, 0.717) is 24.4 Å². The molecule has 0 bridgehead atoms. The van der Waals surface area contributed by atoms with Gasteiger partial charge in [-0.05, 0) is 55.9 Å². The molecule has 2 aromatic rings. The summed E-state index contributed by atoms with van der Waals surface area (Å²) in [5.74, 6) is 1.38. The summed E-state index contributed by atoms with van der Waals surface area (Å²) < 4.78 is 5.56. The Kier molecular flexibility index (Phi) is 4.09. The Hall–Kier alpha value is -2.03. The number of rotatable bonds is 5. The fourth-order valence-electron chi connectivity index (χ4n) is 3.01. The van der Waals surface area contributed by atoms with Crippen LogP contribution in [0.2, 0.25) is 0 Å². The van der Waals surface area contributed by atoms with Gasteiger partial charge >= 0.3 is 0 Å². The molecular weight excluding hydrogens is 260 g/mol. The smallest absolute Gasteiger partial charge is 0.237 e. The second-order valence-electron chi connectivity index (χ2n) is 5.66. The van der Waals surface area contributed by atoms with E-state index in [1.54, 1.807) is 6.20 Å². The minimum Gasteiger partial charge on any atom is -0.476 e. The fourth-order valence-corrected chi connectivity index (χ4v) is 3.01. The minimum absolute atomic E-state index is 0.512. The monoisotopic (exact) mass is 282 g/mol. The van der Waals surface area contributed by atoms with Gasteiger partial charge in [0, 0.05) is 12.2 Å². The highest BCUT2D eigenvalue weighted by Crippen LogP contribution is 2.40. The van der Waals surface area contributed by atoms with Crippen molar-refractivity contribution in [2.75, 3.05) is 11.9 Å². The lowest BCUT2D eigenvalue weighted by Crippen LogP contribution is -2.34. The number of nitrogens with one attached hydrogen (secondary N) is 1. The van der Waals surface area contributed by atoms with Crippen LogP contribution in [0.25, 0.3) is 0 Å². The van der Waals surface area contributed by atoms with Crippen molar-refractivity contribution >= 4 is 5.69 Å². The molecule has 0 unspecified atom stereocenters. The van der Waals surface area contributed by atoms with E-state index in [9.17, 15) is 0 Å². The van der Waals surface area contributed by atoms with Crippen LogP contribution in [0.15, 0.2) is 42.6 Å². The van der Waals surface area contributed by atoms with Crippen LogP contribution < -0.4 is 10.1 Å². The Balaban J connectivity index is 1.62. The largest absolute Gasteiger partial charge is 0.476 e. The first-order valence-corrected chi connectivity index (χ1v) is 7.67. The summed E-state index contributed by atoms with van der Waals surface area (Å²) in [6.07, 6.45) is 4.11. The van der Waals surface area contributed by atoms with Gasteiger partial charge in [-0.2, -0.15) is 0 Å². The van der Waals surface area contributed by atoms with Gasteiger partial charge in [0.05, 0.1) is 12.3 Å². The van der Waals surface area contributed by atoms with Crippen LogP contribution in [0.5, 0.6) is 5.88 Å². The molecule has 1 aliphatic rings. The summed E-state index contributed by atoms with van der Waals surface area (Å²) in [5, 5.41) is 3.56. The van der Waals surface area contributed by atoms with Crippen molar-refractivity contribution in [1.29, 1.82) is 0 Å². The van der Waals surface area contributed by atoms with E-state index in [0.717, 1.165) is 5.69 Å². The molecule has 0 saturated heterocycles. The van der Waals surface area contributed by atoms with Gasteiger partial charge in [0.2, 0.25) is 5.88 Å². The highest BCUT2D eigenvalue weighted by Gasteiger charge is 2.31. The first-order chi connectivity index (χ1) is 10.3. The van der Waals surface area contributed by atoms with Crippen molar-refractivity contribution in [2.24, 2.45) is 0 Å². The van der Waals surface area contributed by atoms with Crippen LogP contribution in [-0.4, -0.2) is 17.6 Å². The van der Waals surface area contributed by atoms with Gasteiger partial charge in [0.15, 0.2) is 0 Å². The topological polar surface area (TPSA) is 34.1 Å². The lowest BCUT2D eigenvalue weighted by molar-refractivity contribution is 0.325. The third kappa shape index (κ3) is 3.02. The molecule has 21 heavy (non-hydrogen) atoms. The molecule has 0 radical (unpaired) electrons. The maximum Gasteiger partial charge on any atom is 0.237 e. The zero-order chi connectivity index (χ0) is 14.7. The second kappa shape index (κ2) is 6.17. The van der Waals surface area contributed by atoms with E-state index < -0.39 is 0 Å². The molecule has 3 rings (SSSR count). The number of aryl methyl sites for hydroxylation is 1. The molecule has 1 aromatic carbocycles. The molecule has 0 spiro atoms. The van der Waals surface area contributed by atoms with E-state index in [4.69, 9.17) is 4.74 Å². The third-order valence-corrected chi connectivity index (χ3v) is 4.18. The highest BCUT2D eigenvalue weighted by atomic mass is 16.5. The summed E-state index contributed by atoms with van der Waals surface area (Å²) in [5.41, 5.74) is 3.90. The van der Waals surface area contributed by atoms with Gasteiger partial charge in [-0.1, -0.05) is 24.3 Å².